The lowest BCUT2D eigenvalue weighted by molar-refractivity contribution is 0.171. The largest absolute Gasteiger partial charge is 0.486 e. The van der Waals surface area contributed by atoms with Crippen LogP contribution >= 0.6 is 11.3 Å². The summed E-state index contributed by atoms with van der Waals surface area (Å²) in [7, 11) is 0. The van der Waals surface area contributed by atoms with E-state index in [4.69, 9.17) is 9.47 Å². The van der Waals surface area contributed by atoms with E-state index >= 15 is 0 Å². The van der Waals surface area contributed by atoms with Gasteiger partial charge in [-0.3, -0.25) is 0 Å². The third kappa shape index (κ3) is 3.70. The van der Waals surface area contributed by atoms with E-state index in [0.29, 0.717) is 36.1 Å². The van der Waals surface area contributed by atoms with Crippen molar-refractivity contribution in [2.75, 3.05) is 23.8 Å². The van der Waals surface area contributed by atoms with Crippen molar-refractivity contribution in [1.82, 2.24) is 9.97 Å². The van der Waals surface area contributed by atoms with E-state index in [1.54, 1.807) is 24.4 Å². The minimum absolute atomic E-state index is 0.343. The van der Waals surface area contributed by atoms with Crippen LogP contribution in [0.25, 0.3) is 20.9 Å². The summed E-state index contributed by atoms with van der Waals surface area (Å²) >= 11 is 1.52. The lowest BCUT2D eigenvalue weighted by Crippen LogP contribution is -2.20. The van der Waals surface area contributed by atoms with Crippen LogP contribution in [0.2, 0.25) is 0 Å². The Morgan fingerprint density at radius 1 is 0.931 bits per heavy atom. The van der Waals surface area contributed by atoms with Gasteiger partial charge in [-0.15, -0.1) is 0 Å². The van der Waals surface area contributed by atoms with Crippen LogP contribution in [0.15, 0.2) is 60.8 Å². The van der Waals surface area contributed by atoms with E-state index in [9.17, 15) is 4.79 Å². The molecule has 29 heavy (non-hydrogen) atoms. The van der Waals surface area contributed by atoms with E-state index in [1.165, 1.54) is 11.3 Å². The van der Waals surface area contributed by atoms with Gasteiger partial charge in [0.1, 0.15) is 28.6 Å². The van der Waals surface area contributed by atoms with Crippen LogP contribution in [0.5, 0.6) is 11.5 Å². The molecule has 0 fully saturated rings. The number of amides is 2. The van der Waals surface area contributed by atoms with Crippen molar-refractivity contribution in [1.29, 1.82) is 0 Å². The first-order chi connectivity index (χ1) is 14.2. The number of fused-ring (bicyclic) bond motifs is 2. The molecule has 0 atom stereocenters. The van der Waals surface area contributed by atoms with Crippen LogP contribution in [0.1, 0.15) is 0 Å². The molecule has 0 spiro atoms. The van der Waals surface area contributed by atoms with E-state index < -0.39 is 0 Å². The first-order valence-electron chi connectivity index (χ1n) is 9.04. The molecular formula is C21H16N4O3S. The van der Waals surface area contributed by atoms with Crippen molar-refractivity contribution in [2.45, 2.75) is 0 Å². The number of carbonyl (C=O) groups excluding carboxylic acids is 1. The van der Waals surface area contributed by atoms with Gasteiger partial charge >= 0.3 is 6.03 Å². The average molecular weight is 404 g/mol. The van der Waals surface area contributed by atoms with Crippen molar-refractivity contribution in [2.24, 2.45) is 0 Å². The topological polar surface area (TPSA) is 85.4 Å². The highest BCUT2D eigenvalue weighted by Gasteiger charge is 2.13. The molecule has 0 radical (unpaired) electrons. The molecule has 0 saturated heterocycles. The van der Waals surface area contributed by atoms with Crippen LogP contribution in [0.3, 0.4) is 0 Å². The predicted octanol–water partition coefficient (Wildman–Crippen LogP) is 4.77. The monoisotopic (exact) mass is 404 g/mol. The molecule has 8 heteroatoms. The Labute approximate surface area is 170 Å². The quantitative estimate of drug-likeness (QED) is 0.514. The van der Waals surface area contributed by atoms with Gasteiger partial charge in [0.05, 0.1) is 0 Å². The lowest BCUT2D eigenvalue weighted by atomic mass is 10.2. The minimum atomic E-state index is -0.343. The summed E-state index contributed by atoms with van der Waals surface area (Å²) in [4.78, 5) is 22.3. The Morgan fingerprint density at radius 3 is 2.62 bits per heavy atom. The van der Waals surface area contributed by atoms with Crippen molar-refractivity contribution in [3.05, 3.63) is 60.8 Å². The molecule has 1 aliphatic rings. The van der Waals surface area contributed by atoms with E-state index in [-0.39, 0.29) is 6.03 Å². The highest BCUT2D eigenvalue weighted by molar-refractivity contribution is 7.21. The Morgan fingerprint density at radius 2 is 1.76 bits per heavy atom. The molecule has 0 bridgehead atoms. The van der Waals surface area contributed by atoms with Crippen LogP contribution in [-0.4, -0.2) is 29.2 Å². The standard InChI is InChI=1S/C21H16N4O3S/c26-21(24-15-6-7-17-18(12-15)28-10-9-27-17)23-14-4-1-3-13(11-14)19-25-16-5-2-8-22-20(16)29-19/h1-8,11-12H,9-10H2,(H2,23,24,26). The van der Waals surface area contributed by atoms with Gasteiger partial charge in [-0.05, 0) is 36.4 Å². The summed E-state index contributed by atoms with van der Waals surface area (Å²) in [6, 6.07) is 16.3. The number of hydrogen-bond donors (Lipinski definition) is 2. The molecular weight excluding hydrogens is 388 g/mol. The van der Waals surface area contributed by atoms with E-state index in [2.05, 4.69) is 20.6 Å². The van der Waals surface area contributed by atoms with Crippen LogP contribution < -0.4 is 20.1 Å². The van der Waals surface area contributed by atoms with Crippen LogP contribution in [0.4, 0.5) is 16.2 Å². The van der Waals surface area contributed by atoms with Gasteiger partial charge in [0.2, 0.25) is 0 Å². The van der Waals surface area contributed by atoms with Crippen molar-refractivity contribution in [3.63, 3.8) is 0 Å². The number of nitrogens with zero attached hydrogens (tertiary/aromatic N) is 2. The number of nitrogens with one attached hydrogen (secondary N) is 2. The van der Waals surface area contributed by atoms with Gasteiger partial charge in [-0.25, -0.2) is 14.8 Å². The number of rotatable bonds is 3. The second kappa shape index (κ2) is 7.40. The van der Waals surface area contributed by atoms with Gasteiger partial charge in [-0.2, -0.15) is 0 Å². The molecule has 0 aliphatic carbocycles. The molecule has 7 nitrogen and oxygen atoms in total. The van der Waals surface area contributed by atoms with Crippen LogP contribution in [-0.2, 0) is 0 Å². The first-order valence-corrected chi connectivity index (χ1v) is 9.86. The molecule has 4 aromatic rings. The number of hydrogen-bond acceptors (Lipinski definition) is 6. The molecule has 2 N–H and O–H groups in total. The normalized spacial score (nSPS) is 12.6. The fourth-order valence-electron chi connectivity index (χ4n) is 3.04. The summed E-state index contributed by atoms with van der Waals surface area (Å²) in [5.74, 6) is 1.31. The van der Waals surface area contributed by atoms with Crippen LogP contribution in [0, 0.1) is 0 Å². The number of pyridine rings is 1. The van der Waals surface area contributed by atoms with Crippen molar-refractivity contribution < 1.29 is 14.3 Å². The number of ether oxygens (including phenoxy) is 2. The lowest BCUT2D eigenvalue weighted by Gasteiger charge is -2.19. The molecule has 3 heterocycles. The zero-order chi connectivity index (χ0) is 19.6. The number of aromatic nitrogens is 2. The number of carbonyl (C=O) groups is 1. The summed E-state index contributed by atoms with van der Waals surface area (Å²) in [5, 5.41) is 6.52. The zero-order valence-electron chi connectivity index (χ0n) is 15.2. The van der Waals surface area contributed by atoms with E-state index in [1.807, 2.05) is 36.4 Å². The number of benzene rings is 2. The molecule has 144 valence electrons. The van der Waals surface area contributed by atoms with Gasteiger partial charge in [0, 0.05) is 29.2 Å². The Kier molecular flexibility index (Phi) is 4.45. The zero-order valence-corrected chi connectivity index (χ0v) is 16.0. The molecule has 1 aliphatic heterocycles. The fourth-order valence-corrected chi connectivity index (χ4v) is 3.94. The van der Waals surface area contributed by atoms with Crippen molar-refractivity contribution in [3.8, 4) is 22.1 Å². The molecule has 2 aromatic heterocycles. The second-order valence-corrected chi connectivity index (χ2v) is 7.34. The van der Waals surface area contributed by atoms with Gasteiger partial charge in [-0.1, -0.05) is 23.5 Å². The third-order valence-electron chi connectivity index (χ3n) is 4.33. The number of urea groups is 1. The average Bonchev–Trinajstić information content (AvgIpc) is 3.18. The predicted molar refractivity (Wildman–Crippen MR) is 113 cm³/mol. The second-order valence-electron chi connectivity index (χ2n) is 6.37. The molecule has 0 saturated carbocycles. The van der Waals surface area contributed by atoms with Crippen molar-refractivity contribution >= 4 is 39.1 Å². The summed E-state index contributed by atoms with van der Waals surface area (Å²) in [6.45, 7) is 1.03. The number of anilines is 2. The minimum Gasteiger partial charge on any atom is -0.486 e. The molecule has 0 unspecified atom stereocenters. The Balaban J connectivity index is 1.31. The fraction of sp³-hybridized carbons (Fsp3) is 0.0952. The first kappa shape index (κ1) is 17.4. The maximum absolute atomic E-state index is 12.4. The molecule has 5 rings (SSSR count). The number of thiazole rings is 1. The smallest absolute Gasteiger partial charge is 0.323 e. The summed E-state index contributed by atoms with van der Waals surface area (Å²) < 4.78 is 11.0. The Hall–Kier alpha value is -3.65. The van der Waals surface area contributed by atoms with Gasteiger partial charge < -0.3 is 20.1 Å². The Bertz CT molecular complexity index is 1170. The third-order valence-corrected chi connectivity index (χ3v) is 5.36. The SMILES string of the molecule is O=C(Nc1cccc(-c2nc3cccnc3s2)c1)Nc1ccc2c(c1)OCCO2. The highest BCUT2D eigenvalue weighted by Crippen LogP contribution is 2.33. The van der Waals surface area contributed by atoms with E-state index in [0.717, 1.165) is 20.9 Å². The molecule has 2 aromatic carbocycles. The van der Waals surface area contributed by atoms with Gasteiger partial charge in [0.15, 0.2) is 11.5 Å². The highest BCUT2D eigenvalue weighted by atomic mass is 32.1. The van der Waals surface area contributed by atoms with Gasteiger partial charge in [0.25, 0.3) is 0 Å². The molecule has 2 amide bonds. The summed E-state index contributed by atoms with van der Waals surface area (Å²) in [6.07, 6.45) is 1.75. The maximum Gasteiger partial charge on any atom is 0.323 e. The maximum atomic E-state index is 12.4. The summed E-state index contributed by atoms with van der Waals surface area (Å²) in [5.41, 5.74) is 3.08.